The van der Waals surface area contributed by atoms with E-state index < -0.39 is 8.26 Å². The molecule has 0 atom stereocenters. The first-order valence-electron chi connectivity index (χ1n) is 3.99. The van der Waals surface area contributed by atoms with Gasteiger partial charge in [0, 0.05) is 21.4 Å². The van der Waals surface area contributed by atoms with E-state index in [0.717, 1.165) is 5.75 Å². The Morgan fingerprint density at radius 2 is 1.40 bits per heavy atom. The van der Waals surface area contributed by atoms with Gasteiger partial charge in [0.25, 0.3) is 0 Å². The lowest BCUT2D eigenvalue weighted by Gasteiger charge is -2.01. The van der Waals surface area contributed by atoms with Gasteiger partial charge in [-0.25, -0.2) is 0 Å². The van der Waals surface area contributed by atoms with Crippen LogP contribution < -0.4 is 4.74 Å². The average molecular weight is 271 g/mol. The van der Waals surface area contributed by atoms with Crippen LogP contribution in [0.3, 0.4) is 0 Å². The summed E-state index contributed by atoms with van der Waals surface area (Å²) >= 11 is 0. The molecule has 1 rings (SSSR count). The fraction of sp³-hybridized carbons (Fsp3) is 0.333. The van der Waals surface area contributed by atoms with E-state index in [1.165, 1.54) is 11.1 Å². The number of rotatable bonds is 1. The second-order valence-corrected chi connectivity index (χ2v) is 6.57. The molecular formula is C9H12Cl2O3S. The Labute approximate surface area is 98.9 Å². The highest BCUT2D eigenvalue weighted by molar-refractivity contribution is 8.31. The Kier molecular flexibility index (Phi) is 6.02. The maximum Gasteiger partial charge on any atom is 0.317 e. The molecule has 1 aromatic carbocycles. The molecular weight excluding hydrogens is 259 g/mol. The highest BCUT2D eigenvalue weighted by Crippen LogP contribution is 2.14. The van der Waals surface area contributed by atoms with E-state index in [1.54, 1.807) is 7.11 Å². The summed E-state index contributed by atoms with van der Waals surface area (Å²) in [6.07, 6.45) is 0. The molecule has 0 radical (unpaired) electrons. The molecule has 6 heteroatoms. The van der Waals surface area contributed by atoms with Crippen molar-refractivity contribution in [3.63, 3.8) is 0 Å². The van der Waals surface area contributed by atoms with E-state index in [1.807, 2.05) is 12.1 Å². The highest BCUT2D eigenvalue weighted by Gasteiger charge is 1.92. The molecule has 15 heavy (non-hydrogen) atoms. The lowest BCUT2D eigenvalue weighted by Crippen LogP contribution is -1.84. The molecule has 1 aromatic rings. The zero-order chi connectivity index (χ0) is 12.1. The predicted molar refractivity (Wildman–Crippen MR) is 63.1 cm³/mol. The lowest BCUT2D eigenvalue weighted by atomic mass is 10.1. The standard InChI is InChI=1S/C9H12O.Cl2O2S/c1-7-4-8(2)6-9(5-7)10-3;1-5(2,3)4/h4-6H,1-3H3;. The van der Waals surface area contributed by atoms with Gasteiger partial charge in [-0.3, -0.25) is 0 Å². The van der Waals surface area contributed by atoms with Crippen molar-refractivity contribution >= 4 is 29.6 Å². The minimum atomic E-state index is -3.72. The average Bonchev–Trinajstić information content (AvgIpc) is 1.99. The first kappa shape index (κ1) is 14.5. The van der Waals surface area contributed by atoms with Crippen LogP contribution in [-0.2, 0) is 8.26 Å². The summed E-state index contributed by atoms with van der Waals surface area (Å²) in [5, 5.41) is 0. The lowest BCUT2D eigenvalue weighted by molar-refractivity contribution is 0.414. The Bertz CT molecular complexity index is 387. The van der Waals surface area contributed by atoms with Gasteiger partial charge in [0.05, 0.1) is 7.11 Å². The summed E-state index contributed by atoms with van der Waals surface area (Å²) in [4.78, 5) is 0. The van der Waals surface area contributed by atoms with Crippen molar-refractivity contribution in [2.75, 3.05) is 7.11 Å². The molecule has 0 bridgehead atoms. The van der Waals surface area contributed by atoms with E-state index in [0.29, 0.717) is 0 Å². The van der Waals surface area contributed by atoms with Crippen LogP contribution in [0.15, 0.2) is 18.2 Å². The van der Waals surface area contributed by atoms with Crippen molar-refractivity contribution in [1.82, 2.24) is 0 Å². The smallest absolute Gasteiger partial charge is 0.317 e. The summed E-state index contributed by atoms with van der Waals surface area (Å²) in [5.41, 5.74) is 2.49. The monoisotopic (exact) mass is 270 g/mol. The van der Waals surface area contributed by atoms with Crippen molar-refractivity contribution in [2.24, 2.45) is 0 Å². The van der Waals surface area contributed by atoms with Gasteiger partial charge in [0.1, 0.15) is 5.75 Å². The zero-order valence-corrected chi connectivity index (χ0v) is 10.9. The molecule has 0 heterocycles. The molecule has 3 nitrogen and oxygen atoms in total. The Morgan fingerprint density at radius 3 is 1.67 bits per heavy atom. The van der Waals surface area contributed by atoms with Gasteiger partial charge in [0.2, 0.25) is 0 Å². The molecule has 0 fully saturated rings. The van der Waals surface area contributed by atoms with Crippen LogP contribution in [-0.4, -0.2) is 15.5 Å². The molecule has 0 spiro atoms. The van der Waals surface area contributed by atoms with E-state index in [9.17, 15) is 0 Å². The molecule has 0 aliphatic rings. The van der Waals surface area contributed by atoms with Crippen molar-refractivity contribution in [3.8, 4) is 5.75 Å². The topological polar surface area (TPSA) is 43.4 Å². The fourth-order valence-electron chi connectivity index (χ4n) is 1.05. The van der Waals surface area contributed by atoms with Crippen LogP contribution in [0.5, 0.6) is 5.75 Å². The number of aryl methyl sites for hydroxylation is 2. The van der Waals surface area contributed by atoms with E-state index >= 15 is 0 Å². The first-order valence-corrected chi connectivity index (χ1v) is 7.12. The van der Waals surface area contributed by atoms with Gasteiger partial charge >= 0.3 is 8.26 Å². The Morgan fingerprint density at radius 1 is 1.07 bits per heavy atom. The molecule has 0 amide bonds. The third kappa shape index (κ3) is 9.85. The number of ether oxygens (including phenoxy) is 1. The molecule has 0 aromatic heterocycles. The Hall–Kier alpha value is -0.450. The van der Waals surface area contributed by atoms with Gasteiger partial charge in [-0.05, 0) is 37.1 Å². The molecule has 0 N–H and O–H groups in total. The van der Waals surface area contributed by atoms with Crippen LogP contribution in [0.4, 0.5) is 0 Å². The molecule has 0 saturated carbocycles. The van der Waals surface area contributed by atoms with Gasteiger partial charge < -0.3 is 4.74 Å². The van der Waals surface area contributed by atoms with Crippen LogP contribution in [0.25, 0.3) is 0 Å². The minimum Gasteiger partial charge on any atom is -0.497 e. The normalized spacial score (nSPS) is 10.2. The maximum atomic E-state index is 9.16. The summed E-state index contributed by atoms with van der Waals surface area (Å²) in [5.74, 6) is 0.942. The van der Waals surface area contributed by atoms with Gasteiger partial charge in [-0.2, -0.15) is 8.42 Å². The van der Waals surface area contributed by atoms with E-state index in [2.05, 4.69) is 41.3 Å². The molecule has 0 saturated heterocycles. The number of halogens is 2. The number of benzene rings is 1. The first-order chi connectivity index (χ1) is 6.72. The molecule has 86 valence electrons. The quantitative estimate of drug-likeness (QED) is 0.737. The largest absolute Gasteiger partial charge is 0.497 e. The van der Waals surface area contributed by atoms with Crippen molar-refractivity contribution in [2.45, 2.75) is 13.8 Å². The minimum absolute atomic E-state index is 0.942. The maximum absolute atomic E-state index is 9.16. The summed E-state index contributed by atoms with van der Waals surface area (Å²) in [7, 11) is 6.50. The fourth-order valence-corrected chi connectivity index (χ4v) is 1.05. The molecule has 0 unspecified atom stereocenters. The zero-order valence-electron chi connectivity index (χ0n) is 8.62. The van der Waals surface area contributed by atoms with Crippen LogP contribution in [0.2, 0.25) is 0 Å². The van der Waals surface area contributed by atoms with Gasteiger partial charge in [-0.15, -0.1) is 0 Å². The van der Waals surface area contributed by atoms with Crippen LogP contribution >= 0.6 is 21.4 Å². The van der Waals surface area contributed by atoms with E-state index in [-0.39, 0.29) is 0 Å². The predicted octanol–water partition coefficient (Wildman–Crippen LogP) is 3.02. The summed E-state index contributed by atoms with van der Waals surface area (Å²) in [6, 6.07) is 6.17. The van der Waals surface area contributed by atoms with Gasteiger partial charge in [0.15, 0.2) is 0 Å². The Balaban J connectivity index is 0.000000336. The van der Waals surface area contributed by atoms with Crippen molar-refractivity contribution in [1.29, 1.82) is 0 Å². The third-order valence-electron chi connectivity index (χ3n) is 1.43. The molecule has 0 aliphatic carbocycles. The molecule has 0 aliphatic heterocycles. The summed E-state index contributed by atoms with van der Waals surface area (Å²) < 4.78 is 23.4. The van der Waals surface area contributed by atoms with Gasteiger partial charge in [-0.1, -0.05) is 6.07 Å². The van der Waals surface area contributed by atoms with Crippen molar-refractivity contribution in [3.05, 3.63) is 29.3 Å². The highest BCUT2D eigenvalue weighted by atomic mass is 36.0. The number of hydrogen-bond donors (Lipinski definition) is 0. The second-order valence-electron chi connectivity index (χ2n) is 2.91. The van der Waals surface area contributed by atoms with Crippen LogP contribution in [0, 0.1) is 13.8 Å². The summed E-state index contributed by atoms with van der Waals surface area (Å²) in [6.45, 7) is 4.13. The van der Waals surface area contributed by atoms with Crippen molar-refractivity contribution < 1.29 is 13.2 Å². The number of methoxy groups -OCH3 is 1. The SMILES string of the molecule is COc1cc(C)cc(C)c1.O=S(=O)(Cl)Cl. The third-order valence-corrected chi connectivity index (χ3v) is 1.43. The second kappa shape index (κ2) is 6.20. The number of hydrogen-bond acceptors (Lipinski definition) is 3. The van der Waals surface area contributed by atoms with Crippen LogP contribution in [0.1, 0.15) is 11.1 Å². The van der Waals surface area contributed by atoms with E-state index in [4.69, 9.17) is 13.2 Å².